The summed E-state index contributed by atoms with van der Waals surface area (Å²) in [4.78, 5) is 11.7. The summed E-state index contributed by atoms with van der Waals surface area (Å²) in [6.45, 7) is 1.19. The molecule has 108 valence electrons. The maximum atomic E-state index is 12.4. The van der Waals surface area contributed by atoms with Crippen molar-refractivity contribution in [2.45, 2.75) is 17.2 Å². The zero-order valence-corrected chi connectivity index (χ0v) is 12.2. The number of ketones is 1. The highest BCUT2D eigenvalue weighted by Gasteiger charge is 2.31. The molecule has 0 N–H and O–H groups in total. The molecule has 0 aromatic heterocycles. The molecule has 0 aliphatic rings. The molecule has 0 aliphatic carbocycles. The summed E-state index contributed by atoms with van der Waals surface area (Å²) in [5, 5.41) is 6.05. The Kier molecular flexibility index (Phi) is 4.59. The smallest absolute Gasteiger partial charge is 0.234 e. The van der Waals surface area contributed by atoms with Crippen molar-refractivity contribution in [2.24, 2.45) is 10.2 Å². The molecular weight excluding hydrogens is 288 g/mol. The summed E-state index contributed by atoms with van der Waals surface area (Å²) in [5.41, 5.74) is 0.493. The summed E-state index contributed by atoms with van der Waals surface area (Å²) in [6, 6.07) is 16.4. The van der Waals surface area contributed by atoms with E-state index in [0.717, 1.165) is 0 Å². The van der Waals surface area contributed by atoms with Crippen molar-refractivity contribution in [1.29, 1.82) is 0 Å². The summed E-state index contributed by atoms with van der Waals surface area (Å²) >= 11 is 0. The number of nitrogens with zero attached hydrogens (tertiary/aromatic N) is 2. The van der Waals surface area contributed by atoms with Gasteiger partial charge in [0.25, 0.3) is 0 Å². The first-order chi connectivity index (χ1) is 10.0. The molecule has 6 heteroatoms. The molecule has 0 aliphatic heterocycles. The van der Waals surface area contributed by atoms with Crippen LogP contribution in [0.5, 0.6) is 0 Å². The minimum atomic E-state index is -3.88. The lowest BCUT2D eigenvalue weighted by Gasteiger charge is -2.09. The van der Waals surface area contributed by atoms with Gasteiger partial charge in [-0.2, -0.15) is 10.2 Å². The third kappa shape index (κ3) is 3.61. The predicted octanol–water partition coefficient (Wildman–Crippen LogP) is 3.16. The van der Waals surface area contributed by atoms with Crippen LogP contribution in [-0.2, 0) is 14.6 Å². The third-order valence-corrected chi connectivity index (χ3v) is 4.69. The van der Waals surface area contributed by atoms with Crippen molar-refractivity contribution >= 4 is 21.3 Å². The standard InChI is InChI=1S/C15H14N2O3S/c1-12(18)15(17-16-13-8-4-2-5-9-13)21(19,20)14-10-6-3-7-11-14/h2-11,15H,1H3/t15-/m1/s1. The number of hydrogen-bond donors (Lipinski definition) is 0. The molecule has 21 heavy (non-hydrogen) atoms. The molecule has 0 heterocycles. The lowest BCUT2D eigenvalue weighted by atomic mass is 10.3. The first-order valence-corrected chi connectivity index (χ1v) is 7.82. The molecule has 2 aromatic carbocycles. The fourth-order valence-electron chi connectivity index (χ4n) is 1.71. The summed E-state index contributed by atoms with van der Waals surface area (Å²) in [7, 11) is -3.88. The van der Waals surface area contributed by atoms with E-state index in [9.17, 15) is 13.2 Å². The zero-order valence-electron chi connectivity index (χ0n) is 11.4. The van der Waals surface area contributed by atoms with Crippen molar-refractivity contribution in [3.8, 4) is 0 Å². The van der Waals surface area contributed by atoms with Gasteiger partial charge in [0.05, 0.1) is 10.6 Å². The Morgan fingerprint density at radius 2 is 1.48 bits per heavy atom. The number of azo groups is 1. The quantitative estimate of drug-likeness (QED) is 0.796. The first kappa shape index (κ1) is 15.1. The molecule has 0 fully saturated rings. The highest BCUT2D eigenvalue weighted by Crippen LogP contribution is 2.20. The van der Waals surface area contributed by atoms with Crippen LogP contribution in [0.25, 0.3) is 0 Å². The Labute approximate surface area is 123 Å². The van der Waals surface area contributed by atoms with Gasteiger partial charge in [-0.25, -0.2) is 8.42 Å². The van der Waals surface area contributed by atoms with Crippen LogP contribution < -0.4 is 0 Å². The first-order valence-electron chi connectivity index (χ1n) is 6.27. The second-order valence-corrected chi connectivity index (χ2v) is 6.38. The lowest BCUT2D eigenvalue weighted by Crippen LogP contribution is -2.26. The minimum Gasteiger partial charge on any atom is -0.296 e. The van der Waals surface area contributed by atoms with E-state index in [-0.39, 0.29) is 4.90 Å². The normalized spacial score (nSPS) is 13.2. The highest BCUT2D eigenvalue weighted by molar-refractivity contribution is 7.92. The zero-order chi connectivity index (χ0) is 15.3. The third-order valence-electron chi connectivity index (χ3n) is 2.75. The van der Waals surface area contributed by atoms with Gasteiger partial charge in [0.15, 0.2) is 5.78 Å². The van der Waals surface area contributed by atoms with Crippen LogP contribution in [0.1, 0.15) is 6.92 Å². The minimum absolute atomic E-state index is 0.0530. The molecule has 2 aromatic rings. The fourth-order valence-corrected chi connectivity index (χ4v) is 3.12. The molecule has 5 nitrogen and oxygen atoms in total. The van der Waals surface area contributed by atoms with E-state index < -0.39 is 21.0 Å². The molecule has 0 spiro atoms. The largest absolute Gasteiger partial charge is 0.296 e. The van der Waals surface area contributed by atoms with Crippen LogP contribution in [0.2, 0.25) is 0 Å². The van der Waals surface area contributed by atoms with E-state index >= 15 is 0 Å². The van der Waals surface area contributed by atoms with Gasteiger partial charge in [-0.1, -0.05) is 36.4 Å². The average Bonchev–Trinajstić information content (AvgIpc) is 2.49. The Morgan fingerprint density at radius 1 is 0.952 bits per heavy atom. The van der Waals surface area contributed by atoms with Gasteiger partial charge < -0.3 is 0 Å². The number of hydrogen-bond acceptors (Lipinski definition) is 5. The van der Waals surface area contributed by atoms with E-state index in [4.69, 9.17) is 0 Å². The molecule has 1 atom stereocenters. The number of Topliss-reactive ketones (excluding diaryl/α,β-unsaturated/α-hetero) is 1. The van der Waals surface area contributed by atoms with Gasteiger partial charge in [0, 0.05) is 0 Å². The van der Waals surface area contributed by atoms with Crippen molar-refractivity contribution in [2.75, 3.05) is 0 Å². The molecule has 0 saturated heterocycles. The number of benzene rings is 2. The predicted molar refractivity (Wildman–Crippen MR) is 79.1 cm³/mol. The molecule has 0 unspecified atom stereocenters. The Morgan fingerprint density at radius 3 is 2.00 bits per heavy atom. The topological polar surface area (TPSA) is 75.9 Å². The van der Waals surface area contributed by atoms with Crippen LogP contribution in [0.4, 0.5) is 5.69 Å². The van der Waals surface area contributed by atoms with E-state index in [1.165, 1.54) is 19.1 Å². The molecule has 0 radical (unpaired) electrons. The Hall–Kier alpha value is -2.34. The van der Waals surface area contributed by atoms with Crippen molar-refractivity contribution in [1.82, 2.24) is 0 Å². The van der Waals surface area contributed by atoms with Gasteiger partial charge in [-0.3, -0.25) is 4.79 Å². The Bertz CT molecular complexity index is 741. The van der Waals surface area contributed by atoms with E-state index in [0.29, 0.717) is 5.69 Å². The number of carbonyl (C=O) groups is 1. The average molecular weight is 302 g/mol. The van der Waals surface area contributed by atoms with E-state index in [1.54, 1.807) is 42.5 Å². The van der Waals surface area contributed by atoms with Crippen molar-refractivity contribution in [3.63, 3.8) is 0 Å². The van der Waals surface area contributed by atoms with Gasteiger partial charge in [0.1, 0.15) is 0 Å². The highest BCUT2D eigenvalue weighted by atomic mass is 32.2. The van der Waals surface area contributed by atoms with Gasteiger partial charge in [-0.05, 0) is 31.2 Å². The van der Waals surface area contributed by atoms with Crippen LogP contribution in [0.15, 0.2) is 75.8 Å². The van der Waals surface area contributed by atoms with Gasteiger partial charge in [-0.15, -0.1) is 0 Å². The van der Waals surface area contributed by atoms with E-state index in [1.807, 2.05) is 6.07 Å². The SMILES string of the molecule is CC(=O)[C@H](N=Nc1ccccc1)S(=O)(=O)c1ccccc1. The summed E-state index contributed by atoms with van der Waals surface area (Å²) < 4.78 is 24.8. The molecule has 0 saturated carbocycles. The van der Waals surface area contributed by atoms with E-state index in [2.05, 4.69) is 10.2 Å². The van der Waals surface area contributed by atoms with Crippen LogP contribution >= 0.6 is 0 Å². The number of carbonyl (C=O) groups excluding carboxylic acids is 1. The van der Waals surface area contributed by atoms with Gasteiger partial charge >= 0.3 is 0 Å². The molecule has 0 bridgehead atoms. The number of sulfone groups is 1. The summed E-state index contributed by atoms with van der Waals surface area (Å²) in [6.07, 6.45) is 0. The fraction of sp³-hybridized carbons (Fsp3) is 0.133. The molecular formula is C15H14N2O3S. The molecule has 0 amide bonds. The monoisotopic (exact) mass is 302 g/mol. The van der Waals surface area contributed by atoms with Gasteiger partial charge in [0.2, 0.25) is 15.2 Å². The maximum absolute atomic E-state index is 12.4. The second kappa shape index (κ2) is 6.41. The maximum Gasteiger partial charge on any atom is 0.234 e. The molecule has 2 rings (SSSR count). The second-order valence-electron chi connectivity index (χ2n) is 4.37. The lowest BCUT2D eigenvalue weighted by molar-refractivity contribution is -0.116. The summed E-state index contributed by atoms with van der Waals surface area (Å²) in [5.74, 6) is -0.571. The number of rotatable bonds is 5. The Balaban J connectivity index is 2.36. The van der Waals surface area contributed by atoms with Crippen LogP contribution in [0, 0.1) is 0 Å². The van der Waals surface area contributed by atoms with Crippen LogP contribution in [0.3, 0.4) is 0 Å². The van der Waals surface area contributed by atoms with Crippen LogP contribution in [-0.4, -0.2) is 19.6 Å². The van der Waals surface area contributed by atoms with Crippen molar-refractivity contribution in [3.05, 3.63) is 60.7 Å². The van der Waals surface area contributed by atoms with Crippen molar-refractivity contribution < 1.29 is 13.2 Å².